The number of hydrogen-bond donors (Lipinski definition) is 0. The van der Waals surface area contributed by atoms with Gasteiger partial charge < -0.3 is 28.1 Å². The average molecular weight is 503 g/mol. The van der Waals surface area contributed by atoms with Crippen molar-refractivity contribution in [2.24, 2.45) is 0 Å². The molecule has 0 aliphatic carbocycles. The lowest BCUT2D eigenvalue weighted by molar-refractivity contribution is 0.0615. The highest BCUT2D eigenvalue weighted by Crippen LogP contribution is 2.37. The van der Waals surface area contributed by atoms with E-state index in [1.54, 1.807) is 32.0 Å². The van der Waals surface area contributed by atoms with Crippen LogP contribution in [0.2, 0.25) is 0 Å². The van der Waals surface area contributed by atoms with Crippen LogP contribution in [0.15, 0.2) is 34.2 Å². The Morgan fingerprint density at radius 2 is 1.94 bits per heavy atom. The maximum atomic E-state index is 6.12. The van der Waals surface area contributed by atoms with E-state index in [0.717, 1.165) is 16.1 Å². The lowest BCUT2D eigenvalue weighted by Crippen LogP contribution is -2.02. The third-order valence-corrected chi connectivity index (χ3v) is 6.65. The summed E-state index contributed by atoms with van der Waals surface area (Å²) in [4.78, 5) is 9.89. The van der Waals surface area contributed by atoms with Crippen molar-refractivity contribution in [3.8, 4) is 28.1 Å². The number of ether oxygens (including phenoxy) is 5. The molecule has 0 saturated heterocycles. The van der Waals surface area contributed by atoms with Gasteiger partial charge in [-0.1, -0.05) is 0 Å². The summed E-state index contributed by atoms with van der Waals surface area (Å²) >= 11 is 2.89. The first kappa shape index (κ1) is 22.6. The third kappa shape index (κ3) is 4.71. The van der Waals surface area contributed by atoms with E-state index in [1.807, 2.05) is 23.6 Å². The number of nitrogens with zero attached hydrogens (tertiary/aromatic N) is 4. The summed E-state index contributed by atoms with van der Waals surface area (Å²) in [6, 6.07) is 5.56. The van der Waals surface area contributed by atoms with E-state index in [1.165, 1.54) is 22.7 Å². The second-order valence-electron chi connectivity index (χ2n) is 7.14. The van der Waals surface area contributed by atoms with Crippen molar-refractivity contribution in [2.45, 2.75) is 13.2 Å². The Morgan fingerprint density at radius 1 is 1.03 bits per heavy atom. The summed E-state index contributed by atoms with van der Waals surface area (Å²) in [5.74, 6) is 1.87. The molecule has 5 rings (SSSR count). The Bertz CT molecular complexity index is 1370. The summed E-state index contributed by atoms with van der Waals surface area (Å²) in [7, 11) is 4.83. The van der Waals surface area contributed by atoms with Gasteiger partial charge in [0.2, 0.25) is 4.96 Å². The topological polar surface area (TPSA) is 102 Å². The zero-order chi connectivity index (χ0) is 23.5. The van der Waals surface area contributed by atoms with Gasteiger partial charge in [-0.2, -0.15) is 0 Å². The SMILES string of the molecule is COCCOCc1nc(COc2cc(OC)cc3oc(-c4cn5nc(OC)sc5n4)cc23)cs1. The number of hydrogen-bond acceptors (Lipinski definition) is 11. The van der Waals surface area contributed by atoms with Gasteiger partial charge in [0.15, 0.2) is 5.76 Å². The van der Waals surface area contributed by atoms with Crippen molar-refractivity contribution in [1.29, 1.82) is 0 Å². The minimum absolute atomic E-state index is 0.307. The van der Waals surface area contributed by atoms with Gasteiger partial charge in [0, 0.05) is 24.6 Å². The molecular weight excluding hydrogens is 480 g/mol. The first-order valence-corrected chi connectivity index (χ1v) is 12.0. The molecule has 4 aromatic heterocycles. The number of methoxy groups -OCH3 is 3. The number of benzene rings is 1. The molecule has 34 heavy (non-hydrogen) atoms. The molecule has 0 spiro atoms. The van der Waals surface area contributed by atoms with Crippen molar-refractivity contribution in [3.63, 3.8) is 0 Å². The molecule has 0 N–H and O–H groups in total. The summed E-state index contributed by atoms with van der Waals surface area (Å²) < 4.78 is 35.0. The molecule has 0 fully saturated rings. The fourth-order valence-corrected chi connectivity index (χ4v) is 4.68. The number of fused-ring (bicyclic) bond motifs is 2. The number of thiazole rings is 1. The fourth-order valence-electron chi connectivity index (χ4n) is 3.26. The van der Waals surface area contributed by atoms with Crippen LogP contribution in [0.4, 0.5) is 0 Å². The van der Waals surface area contributed by atoms with Crippen LogP contribution in [-0.2, 0) is 22.7 Å². The summed E-state index contributed by atoms with van der Waals surface area (Å²) in [6.07, 6.45) is 1.80. The molecule has 0 aliphatic rings. The number of rotatable bonds is 11. The third-order valence-electron chi connectivity index (χ3n) is 4.89. The van der Waals surface area contributed by atoms with Crippen molar-refractivity contribution >= 4 is 38.6 Å². The summed E-state index contributed by atoms with van der Waals surface area (Å²) in [5.41, 5.74) is 2.13. The van der Waals surface area contributed by atoms with Crippen LogP contribution in [0.3, 0.4) is 0 Å². The van der Waals surface area contributed by atoms with Crippen LogP contribution < -0.4 is 14.2 Å². The number of aromatic nitrogens is 4. The van der Waals surface area contributed by atoms with Gasteiger partial charge in [-0.05, 0) is 17.4 Å². The zero-order valence-corrected chi connectivity index (χ0v) is 20.4. The minimum Gasteiger partial charge on any atom is -0.496 e. The Morgan fingerprint density at radius 3 is 2.74 bits per heavy atom. The maximum Gasteiger partial charge on any atom is 0.294 e. The van der Waals surface area contributed by atoms with Crippen LogP contribution >= 0.6 is 22.7 Å². The Hall–Kier alpha value is -3.19. The lowest BCUT2D eigenvalue weighted by atomic mass is 10.2. The molecule has 5 aromatic rings. The number of imidazole rings is 1. The van der Waals surface area contributed by atoms with Crippen LogP contribution in [0.5, 0.6) is 16.7 Å². The molecule has 0 unspecified atom stereocenters. The van der Waals surface area contributed by atoms with E-state index in [9.17, 15) is 0 Å². The smallest absolute Gasteiger partial charge is 0.294 e. The Kier molecular flexibility index (Phi) is 6.63. The predicted octanol–water partition coefficient (Wildman–Crippen LogP) is 4.42. The average Bonchev–Trinajstić information content (AvgIpc) is 3.62. The molecule has 10 nitrogen and oxygen atoms in total. The maximum absolute atomic E-state index is 6.12. The standard InChI is InChI=1S/C22H22N4O6S2/c1-27-4-5-30-11-20-23-13(12-33-20)10-31-17-6-14(28-2)7-18-15(17)8-19(32-18)16-9-26-21(24-16)34-22(25-26)29-3/h6-9,12H,4-5,10-11H2,1-3H3. The molecule has 0 bridgehead atoms. The van der Waals surface area contributed by atoms with Crippen LogP contribution in [0, 0.1) is 0 Å². The zero-order valence-electron chi connectivity index (χ0n) is 18.8. The van der Waals surface area contributed by atoms with Gasteiger partial charge in [-0.15, -0.1) is 16.4 Å². The van der Waals surface area contributed by atoms with Crippen LogP contribution in [0.1, 0.15) is 10.7 Å². The van der Waals surface area contributed by atoms with Crippen molar-refractivity contribution in [1.82, 2.24) is 19.6 Å². The first-order chi connectivity index (χ1) is 16.7. The predicted molar refractivity (Wildman–Crippen MR) is 127 cm³/mol. The van der Waals surface area contributed by atoms with Crippen molar-refractivity contribution in [2.75, 3.05) is 34.5 Å². The Balaban J connectivity index is 1.36. The van der Waals surface area contributed by atoms with Gasteiger partial charge in [-0.25, -0.2) is 14.5 Å². The van der Waals surface area contributed by atoms with Gasteiger partial charge in [-0.3, -0.25) is 0 Å². The second-order valence-corrected chi connectivity index (χ2v) is 9.00. The molecule has 0 amide bonds. The summed E-state index contributed by atoms with van der Waals surface area (Å²) in [5, 5.41) is 8.53. The van der Waals surface area contributed by atoms with Crippen LogP contribution in [0.25, 0.3) is 27.4 Å². The molecule has 1 aromatic carbocycles. The van der Waals surface area contributed by atoms with Gasteiger partial charge in [0.05, 0.1) is 51.3 Å². The first-order valence-electron chi connectivity index (χ1n) is 10.3. The highest BCUT2D eigenvalue weighted by atomic mass is 32.1. The Labute approximate surface area is 202 Å². The van der Waals surface area contributed by atoms with Crippen molar-refractivity contribution < 1.29 is 28.1 Å². The van der Waals surface area contributed by atoms with Crippen LogP contribution in [-0.4, -0.2) is 54.1 Å². The highest BCUT2D eigenvalue weighted by molar-refractivity contribution is 7.18. The number of furan rings is 1. The molecule has 0 saturated carbocycles. The normalized spacial score (nSPS) is 11.5. The van der Waals surface area contributed by atoms with Gasteiger partial charge in [0.1, 0.15) is 34.4 Å². The van der Waals surface area contributed by atoms with E-state index >= 15 is 0 Å². The van der Waals surface area contributed by atoms with E-state index < -0.39 is 0 Å². The second kappa shape index (κ2) is 9.97. The van der Waals surface area contributed by atoms with Gasteiger partial charge >= 0.3 is 0 Å². The molecule has 12 heteroatoms. The molecule has 0 radical (unpaired) electrons. The van der Waals surface area contributed by atoms with E-state index in [2.05, 4.69) is 15.1 Å². The molecule has 0 aliphatic heterocycles. The van der Waals surface area contributed by atoms with E-state index in [4.69, 9.17) is 28.1 Å². The largest absolute Gasteiger partial charge is 0.496 e. The molecule has 0 atom stereocenters. The monoisotopic (exact) mass is 502 g/mol. The van der Waals surface area contributed by atoms with Crippen molar-refractivity contribution in [3.05, 3.63) is 40.5 Å². The molecule has 178 valence electrons. The highest BCUT2D eigenvalue weighted by Gasteiger charge is 2.17. The van der Waals surface area contributed by atoms with Gasteiger partial charge in [0.25, 0.3) is 5.19 Å². The fraction of sp³-hybridized carbons (Fsp3) is 0.318. The minimum atomic E-state index is 0.307. The molecular formula is C22H22N4O6S2. The lowest BCUT2D eigenvalue weighted by Gasteiger charge is -2.08. The molecule has 4 heterocycles. The summed E-state index contributed by atoms with van der Waals surface area (Å²) in [6.45, 7) is 1.85. The van der Waals surface area contributed by atoms with E-state index in [0.29, 0.717) is 65.1 Å². The van der Waals surface area contributed by atoms with E-state index in [-0.39, 0.29) is 0 Å². The quantitative estimate of drug-likeness (QED) is 0.243.